The van der Waals surface area contributed by atoms with Crippen molar-refractivity contribution in [2.24, 2.45) is 0 Å². The average molecular weight is 284 g/mol. The SMILES string of the molecule is CC(=O)c1cc(CN(CCN(C)C)CC(=O)O)cs1. The van der Waals surface area contributed by atoms with Gasteiger partial charge in [0, 0.05) is 19.6 Å². The first-order valence-corrected chi connectivity index (χ1v) is 6.93. The molecule has 0 aliphatic rings. The highest BCUT2D eigenvalue weighted by Crippen LogP contribution is 2.16. The minimum absolute atomic E-state index is 0.0130. The van der Waals surface area contributed by atoms with E-state index in [2.05, 4.69) is 0 Å². The van der Waals surface area contributed by atoms with Crippen LogP contribution in [-0.2, 0) is 11.3 Å². The monoisotopic (exact) mass is 284 g/mol. The van der Waals surface area contributed by atoms with Crippen LogP contribution in [0.4, 0.5) is 0 Å². The zero-order chi connectivity index (χ0) is 14.4. The van der Waals surface area contributed by atoms with Gasteiger partial charge in [-0.2, -0.15) is 0 Å². The summed E-state index contributed by atoms with van der Waals surface area (Å²) in [5, 5.41) is 10.8. The van der Waals surface area contributed by atoms with Crippen LogP contribution in [0.2, 0.25) is 0 Å². The summed E-state index contributed by atoms with van der Waals surface area (Å²) in [5.74, 6) is -0.782. The van der Waals surface area contributed by atoms with Gasteiger partial charge in [-0.05, 0) is 38.0 Å². The third kappa shape index (κ3) is 5.96. The van der Waals surface area contributed by atoms with Gasteiger partial charge in [0.1, 0.15) is 0 Å². The summed E-state index contributed by atoms with van der Waals surface area (Å²) in [6, 6.07) is 1.84. The second-order valence-electron chi connectivity index (χ2n) is 4.78. The Balaban J connectivity index is 2.63. The summed E-state index contributed by atoms with van der Waals surface area (Å²) in [5.41, 5.74) is 0.996. The van der Waals surface area contributed by atoms with Crippen LogP contribution in [0.1, 0.15) is 22.2 Å². The van der Waals surface area contributed by atoms with Gasteiger partial charge >= 0.3 is 5.97 Å². The largest absolute Gasteiger partial charge is 0.480 e. The van der Waals surface area contributed by atoms with E-state index in [1.54, 1.807) is 0 Å². The topological polar surface area (TPSA) is 60.9 Å². The second kappa shape index (κ2) is 7.37. The molecule has 0 radical (unpaired) electrons. The number of carbonyl (C=O) groups is 2. The highest BCUT2D eigenvalue weighted by Gasteiger charge is 2.12. The lowest BCUT2D eigenvalue weighted by Gasteiger charge is -2.21. The molecule has 0 fully saturated rings. The molecule has 0 saturated carbocycles. The summed E-state index contributed by atoms with van der Waals surface area (Å²) < 4.78 is 0. The lowest BCUT2D eigenvalue weighted by atomic mass is 10.2. The molecule has 0 unspecified atom stereocenters. The normalized spacial score (nSPS) is 11.2. The number of carboxylic acids is 1. The van der Waals surface area contributed by atoms with E-state index in [-0.39, 0.29) is 12.3 Å². The molecule has 1 rings (SSSR count). The van der Waals surface area contributed by atoms with E-state index in [1.807, 2.05) is 35.3 Å². The van der Waals surface area contributed by atoms with Crippen molar-refractivity contribution in [2.45, 2.75) is 13.5 Å². The summed E-state index contributed by atoms with van der Waals surface area (Å²) in [7, 11) is 3.91. The number of ketones is 1. The Morgan fingerprint density at radius 2 is 2.00 bits per heavy atom. The number of carboxylic acid groups (broad SMARTS) is 1. The summed E-state index contributed by atoms with van der Waals surface area (Å²) >= 11 is 1.41. The van der Waals surface area contributed by atoms with Crippen LogP contribution in [0.3, 0.4) is 0 Å². The third-order valence-corrected chi connectivity index (χ3v) is 3.71. The average Bonchev–Trinajstić information content (AvgIpc) is 2.73. The van der Waals surface area contributed by atoms with Gasteiger partial charge < -0.3 is 10.0 Å². The van der Waals surface area contributed by atoms with Gasteiger partial charge in [0.15, 0.2) is 5.78 Å². The van der Waals surface area contributed by atoms with Crippen molar-refractivity contribution in [2.75, 3.05) is 33.7 Å². The standard InChI is InChI=1S/C13H20N2O3S/c1-10(16)12-6-11(9-19-12)7-15(8-13(17)18)5-4-14(2)3/h6,9H,4-5,7-8H2,1-3H3,(H,17,18). The molecule has 1 aromatic rings. The first-order chi connectivity index (χ1) is 8.88. The third-order valence-electron chi connectivity index (χ3n) is 2.63. The quantitative estimate of drug-likeness (QED) is 0.731. The van der Waals surface area contributed by atoms with E-state index in [9.17, 15) is 9.59 Å². The molecule has 1 aromatic heterocycles. The van der Waals surface area contributed by atoms with Crippen molar-refractivity contribution in [1.82, 2.24) is 9.80 Å². The van der Waals surface area contributed by atoms with E-state index < -0.39 is 5.97 Å². The number of Topliss-reactive ketones (excluding diaryl/α,β-unsaturated/α-hetero) is 1. The predicted octanol–water partition coefficient (Wildman–Crippen LogP) is 1.40. The molecular formula is C13H20N2O3S. The lowest BCUT2D eigenvalue weighted by Crippen LogP contribution is -2.35. The van der Waals surface area contributed by atoms with Crippen LogP contribution < -0.4 is 0 Å². The number of nitrogens with zero attached hydrogens (tertiary/aromatic N) is 2. The number of likely N-dealkylation sites (N-methyl/N-ethyl adjacent to an activating group) is 1. The molecule has 0 bridgehead atoms. The smallest absolute Gasteiger partial charge is 0.317 e. The van der Waals surface area contributed by atoms with Gasteiger partial charge in [0.2, 0.25) is 0 Å². The fourth-order valence-electron chi connectivity index (χ4n) is 1.65. The fourth-order valence-corrected chi connectivity index (χ4v) is 2.45. The number of hydrogen-bond acceptors (Lipinski definition) is 5. The Morgan fingerprint density at radius 1 is 1.32 bits per heavy atom. The maximum absolute atomic E-state index is 11.2. The molecule has 1 N–H and O–H groups in total. The molecule has 0 amide bonds. The highest BCUT2D eigenvalue weighted by atomic mass is 32.1. The molecule has 5 nitrogen and oxygen atoms in total. The molecule has 0 aromatic carbocycles. The predicted molar refractivity (Wildman–Crippen MR) is 75.8 cm³/mol. The minimum Gasteiger partial charge on any atom is -0.480 e. The second-order valence-corrected chi connectivity index (χ2v) is 5.69. The Kier molecular flexibility index (Phi) is 6.14. The van der Waals surface area contributed by atoms with Gasteiger partial charge in [0.05, 0.1) is 11.4 Å². The van der Waals surface area contributed by atoms with Crippen molar-refractivity contribution in [1.29, 1.82) is 0 Å². The summed E-state index contributed by atoms with van der Waals surface area (Å²) in [6.07, 6.45) is 0. The van der Waals surface area contributed by atoms with E-state index in [4.69, 9.17) is 5.11 Å². The molecule has 106 valence electrons. The summed E-state index contributed by atoms with van der Waals surface area (Å²) in [6.45, 7) is 3.60. The zero-order valence-electron chi connectivity index (χ0n) is 11.5. The molecule has 6 heteroatoms. The Bertz CT molecular complexity index is 443. The van der Waals surface area contributed by atoms with Crippen LogP contribution in [-0.4, -0.2) is 60.4 Å². The number of rotatable bonds is 8. The van der Waals surface area contributed by atoms with E-state index in [1.165, 1.54) is 18.3 Å². The fraction of sp³-hybridized carbons (Fsp3) is 0.538. The molecule has 0 spiro atoms. The van der Waals surface area contributed by atoms with Crippen LogP contribution >= 0.6 is 11.3 Å². The van der Waals surface area contributed by atoms with Gasteiger partial charge in [-0.1, -0.05) is 0 Å². The number of aliphatic carboxylic acids is 1. The van der Waals surface area contributed by atoms with E-state index in [0.717, 1.165) is 17.0 Å². The van der Waals surface area contributed by atoms with Gasteiger partial charge in [-0.3, -0.25) is 14.5 Å². The molecule has 1 heterocycles. The zero-order valence-corrected chi connectivity index (χ0v) is 12.4. The number of thiophene rings is 1. The highest BCUT2D eigenvalue weighted by molar-refractivity contribution is 7.12. The first-order valence-electron chi connectivity index (χ1n) is 6.05. The van der Waals surface area contributed by atoms with Crippen LogP contribution in [0.25, 0.3) is 0 Å². The van der Waals surface area contributed by atoms with Crippen LogP contribution in [0.5, 0.6) is 0 Å². The molecule has 19 heavy (non-hydrogen) atoms. The molecule has 0 aliphatic heterocycles. The van der Waals surface area contributed by atoms with E-state index >= 15 is 0 Å². The van der Waals surface area contributed by atoms with Crippen molar-refractivity contribution < 1.29 is 14.7 Å². The van der Waals surface area contributed by atoms with Crippen LogP contribution in [0, 0.1) is 0 Å². The number of carbonyl (C=O) groups excluding carboxylic acids is 1. The molecule has 0 saturated heterocycles. The van der Waals surface area contributed by atoms with Gasteiger partial charge in [0.25, 0.3) is 0 Å². The van der Waals surface area contributed by atoms with Crippen LogP contribution in [0.15, 0.2) is 11.4 Å². The Labute approximate surface area is 117 Å². The van der Waals surface area contributed by atoms with Gasteiger partial charge in [-0.15, -0.1) is 11.3 Å². The Morgan fingerprint density at radius 3 is 2.47 bits per heavy atom. The van der Waals surface area contributed by atoms with Crippen molar-refractivity contribution in [3.63, 3.8) is 0 Å². The van der Waals surface area contributed by atoms with Crippen molar-refractivity contribution in [3.8, 4) is 0 Å². The van der Waals surface area contributed by atoms with Gasteiger partial charge in [-0.25, -0.2) is 0 Å². The molecular weight excluding hydrogens is 264 g/mol. The number of hydrogen-bond donors (Lipinski definition) is 1. The maximum Gasteiger partial charge on any atom is 0.317 e. The Hall–Kier alpha value is -1.24. The lowest BCUT2D eigenvalue weighted by molar-refractivity contribution is -0.138. The minimum atomic E-state index is -0.833. The molecule has 0 aliphatic carbocycles. The van der Waals surface area contributed by atoms with Crippen molar-refractivity contribution in [3.05, 3.63) is 21.9 Å². The summed E-state index contributed by atoms with van der Waals surface area (Å²) in [4.78, 5) is 26.7. The molecule has 0 atom stereocenters. The van der Waals surface area contributed by atoms with E-state index in [0.29, 0.717) is 13.1 Å². The maximum atomic E-state index is 11.2. The first kappa shape index (κ1) is 15.8. The van der Waals surface area contributed by atoms with Crippen molar-refractivity contribution >= 4 is 23.1 Å².